The number of nitrogens with one attached hydrogen (secondary N) is 1. The third kappa shape index (κ3) is 3.53. The van der Waals surface area contributed by atoms with Crippen LogP contribution in [0, 0.1) is 0 Å². The summed E-state index contributed by atoms with van der Waals surface area (Å²) in [5.41, 5.74) is 1.15. The van der Waals surface area contributed by atoms with Gasteiger partial charge in [-0.15, -0.1) is 0 Å². The van der Waals surface area contributed by atoms with Crippen LogP contribution in [-0.4, -0.2) is 44.8 Å². The highest BCUT2D eigenvalue weighted by atomic mass is 35.5. The topological polar surface area (TPSA) is 33.7 Å². The molecule has 1 aliphatic heterocycles. The minimum atomic E-state index is 0.532. The molecule has 1 saturated heterocycles. The molecular formula is C14H21ClN2O2. The second kappa shape index (κ2) is 6.46. The number of piperazine rings is 1. The predicted molar refractivity (Wildman–Crippen MR) is 77.3 cm³/mol. The average molecular weight is 285 g/mol. The standard InChI is InChI=1S/C14H21ClN2O2/c1-10-8-17(5-4-16-10)9-11-6-12(15)14(19-3)13(7-11)18-2/h6-7,10,16H,4-5,8-9H2,1-3H3/t10-/m0/s1. The SMILES string of the molecule is COc1cc(CN2CCN[C@@H](C)C2)cc(Cl)c1OC. The Hall–Kier alpha value is -0.970. The van der Waals surface area contributed by atoms with Crippen LogP contribution in [-0.2, 0) is 6.54 Å². The van der Waals surface area contributed by atoms with Gasteiger partial charge in [-0.25, -0.2) is 0 Å². The van der Waals surface area contributed by atoms with Gasteiger partial charge in [-0.05, 0) is 24.6 Å². The summed E-state index contributed by atoms with van der Waals surface area (Å²) >= 11 is 6.22. The summed E-state index contributed by atoms with van der Waals surface area (Å²) in [4.78, 5) is 2.42. The van der Waals surface area contributed by atoms with Gasteiger partial charge in [-0.2, -0.15) is 0 Å². The molecule has 0 bridgehead atoms. The molecule has 1 aromatic rings. The van der Waals surface area contributed by atoms with Gasteiger partial charge in [0.1, 0.15) is 0 Å². The predicted octanol–water partition coefficient (Wildman–Crippen LogP) is 2.15. The molecule has 1 fully saturated rings. The van der Waals surface area contributed by atoms with E-state index in [4.69, 9.17) is 21.1 Å². The number of ether oxygens (including phenoxy) is 2. The van der Waals surface area contributed by atoms with Crippen LogP contribution in [0.5, 0.6) is 11.5 Å². The van der Waals surface area contributed by atoms with Crippen molar-refractivity contribution in [3.8, 4) is 11.5 Å². The maximum atomic E-state index is 6.22. The molecule has 1 atom stereocenters. The van der Waals surface area contributed by atoms with E-state index in [1.54, 1.807) is 14.2 Å². The Morgan fingerprint density at radius 3 is 2.79 bits per heavy atom. The van der Waals surface area contributed by atoms with Gasteiger partial charge in [0.05, 0.1) is 19.2 Å². The van der Waals surface area contributed by atoms with Crippen LogP contribution in [0.15, 0.2) is 12.1 Å². The van der Waals surface area contributed by atoms with Gasteiger partial charge in [0.15, 0.2) is 11.5 Å². The summed E-state index contributed by atoms with van der Waals surface area (Å²) in [6, 6.07) is 4.48. The van der Waals surface area contributed by atoms with Gasteiger partial charge >= 0.3 is 0 Å². The van der Waals surface area contributed by atoms with Crippen LogP contribution < -0.4 is 14.8 Å². The smallest absolute Gasteiger partial charge is 0.179 e. The minimum Gasteiger partial charge on any atom is -0.493 e. The van der Waals surface area contributed by atoms with Crippen molar-refractivity contribution in [3.05, 3.63) is 22.7 Å². The normalized spacial score (nSPS) is 20.3. The van der Waals surface area contributed by atoms with Gasteiger partial charge in [-0.3, -0.25) is 4.90 Å². The molecule has 1 aliphatic rings. The first-order valence-corrected chi connectivity index (χ1v) is 6.88. The van der Waals surface area contributed by atoms with E-state index in [0.29, 0.717) is 22.6 Å². The quantitative estimate of drug-likeness (QED) is 0.919. The Kier molecular flexibility index (Phi) is 4.91. The summed E-state index contributed by atoms with van der Waals surface area (Å²) < 4.78 is 10.6. The zero-order chi connectivity index (χ0) is 13.8. The van der Waals surface area contributed by atoms with Gasteiger partial charge in [0, 0.05) is 32.2 Å². The first-order chi connectivity index (χ1) is 9.13. The zero-order valence-corrected chi connectivity index (χ0v) is 12.5. The Balaban J connectivity index is 2.14. The van der Waals surface area contributed by atoms with Gasteiger partial charge in [0.25, 0.3) is 0 Å². The summed E-state index contributed by atoms with van der Waals surface area (Å²) in [5, 5.41) is 4.03. The van der Waals surface area contributed by atoms with E-state index in [1.165, 1.54) is 0 Å². The summed E-state index contributed by atoms with van der Waals surface area (Å²) in [6.07, 6.45) is 0. The zero-order valence-electron chi connectivity index (χ0n) is 11.7. The van der Waals surface area contributed by atoms with E-state index in [9.17, 15) is 0 Å². The summed E-state index contributed by atoms with van der Waals surface area (Å²) in [7, 11) is 3.23. The second-order valence-corrected chi connectivity index (χ2v) is 5.31. The highest BCUT2D eigenvalue weighted by molar-refractivity contribution is 6.32. The molecule has 4 nitrogen and oxygen atoms in total. The fourth-order valence-electron chi connectivity index (χ4n) is 2.48. The third-order valence-corrected chi connectivity index (χ3v) is 3.63. The van der Waals surface area contributed by atoms with E-state index in [1.807, 2.05) is 12.1 Å². The van der Waals surface area contributed by atoms with E-state index >= 15 is 0 Å². The number of hydrogen-bond donors (Lipinski definition) is 1. The number of rotatable bonds is 4. The van der Waals surface area contributed by atoms with Crippen LogP contribution in [0.25, 0.3) is 0 Å². The molecule has 2 rings (SSSR count). The molecule has 0 aromatic heterocycles. The van der Waals surface area contributed by atoms with Crippen LogP contribution in [0.4, 0.5) is 0 Å². The maximum absolute atomic E-state index is 6.22. The van der Waals surface area contributed by atoms with Crippen molar-refractivity contribution in [2.75, 3.05) is 33.9 Å². The lowest BCUT2D eigenvalue weighted by molar-refractivity contribution is 0.199. The molecular weight excluding hydrogens is 264 g/mol. The molecule has 5 heteroatoms. The van der Waals surface area contributed by atoms with E-state index < -0.39 is 0 Å². The van der Waals surface area contributed by atoms with Crippen molar-refractivity contribution in [3.63, 3.8) is 0 Å². The van der Waals surface area contributed by atoms with E-state index in [2.05, 4.69) is 17.1 Å². The average Bonchev–Trinajstić information content (AvgIpc) is 2.38. The highest BCUT2D eigenvalue weighted by Gasteiger charge is 2.17. The molecule has 0 radical (unpaired) electrons. The number of nitrogens with zero attached hydrogens (tertiary/aromatic N) is 1. The van der Waals surface area contributed by atoms with Crippen molar-refractivity contribution in [1.29, 1.82) is 0 Å². The Morgan fingerprint density at radius 1 is 1.37 bits per heavy atom. The molecule has 1 aromatic carbocycles. The maximum Gasteiger partial charge on any atom is 0.179 e. The fourth-order valence-corrected chi connectivity index (χ4v) is 2.79. The molecule has 1 heterocycles. The van der Waals surface area contributed by atoms with E-state index in [0.717, 1.165) is 31.7 Å². The lowest BCUT2D eigenvalue weighted by atomic mass is 10.1. The van der Waals surface area contributed by atoms with E-state index in [-0.39, 0.29) is 0 Å². The van der Waals surface area contributed by atoms with Crippen molar-refractivity contribution in [2.45, 2.75) is 19.5 Å². The monoisotopic (exact) mass is 284 g/mol. The minimum absolute atomic E-state index is 0.532. The molecule has 0 aliphatic carbocycles. The fraction of sp³-hybridized carbons (Fsp3) is 0.571. The first kappa shape index (κ1) is 14.4. The van der Waals surface area contributed by atoms with Crippen molar-refractivity contribution < 1.29 is 9.47 Å². The van der Waals surface area contributed by atoms with Crippen molar-refractivity contribution >= 4 is 11.6 Å². The van der Waals surface area contributed by atoms with Gasteiger partial charge in [0.2, 0.25) is 0 Å². The third-order valence-electron chi connectivity index (χ3n) is 3.35. The number of benzene rings is 1. The Morgan fingerprint density at radius 2 is 2.16 bits per heavy atom. The van der Waals surface area contributed by atoms with Gasteiger partial charge in [-0.1, -0.05) is 11.6 Å². The highest BCUT2D eigenvalue weighted by Crippen LogP contribution is 2.36. The number of methoxy groups -OCH3 is 2. The largest absolute Gasteiger partial charge is 0.493 e. The van der Waals surface area contributed by atoms with Crippen LogP contribution in [0.2, 0.25) is 5.02 Å². The summed E-state index contributed by atoms with van der Waals surface area (Å²) in [5.74, 6) is 1.29. The lowest BCUT2D eigenvalue weighted by Gasteiger charge is -2.32. The Labute approximate surface area is 119 Å². The molecule has 0 spiro atoms. The second-order valence-electron chi connectivity index (χ2n) is 4.90. The lowest BCUT2D eigenvalue weighted by Crippen LogP contribution is -2.48. The molecule has 0 saturated carbocycles. The van der Waals surface area contributed by atoms with Crippen LogP contribution in [0.1, 0.15) is 12.5 Å². The summed E-state index contributed by atoms with van der Waals surface area (Å²) in [6.45, 7) is 6.21. The molecule has 1 N–H and O–H groups in total. The van der Waals surface area contributed by atoms with Crippen LogP contribution >= 0.6 is 11.6 Å². The molecule has 0 unspecified atom stereocenters. The number of halogens is 1. The molecule has 19 heavy (non-hydrogen) atoms. The number of hydrogen-bond acceptors (Lipinski definition) is 4. The molecule has 106 valence electrons. The van der Waals surface area contributed by atoms with Gasteiger partial charge < -0.3 is 14.8 Å². The van der Waals surface area contributed by atoms with Crippen molar-refractivity contribution in [1.82, 2.24) is 10.2 Å². The van der Waals surface area contributed by atoms with Crippen molar-refractivity contribution in [2.24, 2.45) is 0 Å². The van der Waals surface area contributed by atoms with Crippen LogP contribution in [0.3, 0.4) is 0 Å². The first-order valence-electron chi connectivity index (χ1n) is 6.50. The Bertz CT molecular complexity index is 440. The molecule has 0 amide bonds.